The van der Waals surface area contributed by atoms with E-state index in [0.29, 0.717) is 5.57 Å². The predicted molar refractivity (Wildman–Crippen MR) is 53.2 cm³/mol. The smallest absolute Gasteiger partial charge is 0.333 e. The zero-order valence-electron chi connectivity index (χ0n) is 8.46. The highest BCUT2D eigenvalue weighted by Crippen LogP contribution is 2.05. The quantitative estimate of drug-likeness (QED) is 0.407. The lowest BCUT2D eigenvalue weighted by atomic mass is 10.0. The first kappa shape index (κ1) is 11.9. The fourth-order valence-corrected chi connectivity index (χ4v) is 0.865. The summed E-state index contributed by atoms with van der Waals surface area (Å²) < 4.78 is 4.82. The van der Waals surface area contributed by atoms with E-state index in [1.165, 1.54) is 6.08 Å². The minimum atomic E-state index is -0.489. The van der Waals surface area contributed by atoms with Gasteiger partial charge in [-0.2, -0.15) is 0 Å². The molecule has 0 aliphatic carbocycles. The summed E-state index contributed by atoms with van der Waals surface area (Å²) in [4.78, 5) is 11.2. The van der Waals surface area contributed by atoms with Crippen molar-refractivity contribution in [2.75, 3.05) is 6.61 Å². The van der Waals surface area contributed by atoms with Crippen LogP contribution in [0.5, 0.6) is 0 Å². The summed E-state index contributed by atoms with van der Waals surface area (Å²) in [5.74, 6) is -0.349. The second kappa shape index (κ2) is 4.82. The van der Waals surface area contributed by atoms with Gasteiger partial charge >= 0.3 is 5.97 Å². The number of hydrogen-bond donors (Lipinski definition) is 1. The summed E-state index contributed by atoms with van der Waals surface area (Å²) >= 11 is 0. The molecule has 3 nitrogen and oxygen atoms in total. The third kappa shape index (κ3) is 6.11. The van der Waals surface area contributed by atoms with Crippen molar-refractivity contribution < 1.29 is 9.53 Å². The van der Waals surface area contributed by atoms with Gasteiger partial charge in [-0.15, -0.1) is 0 Å². The molecule has 74 valence electrons. The van der Waals surface area contributed by atoms with Gasteiger partial charge in [-0.1, -0.05) is 18.7 Å². The number of rotatable bonds is 4. The van der Waals surface area contributed by atoms with Crippen molar-refractivity contribution in [3.63, 3.8) is 0 Å². The van der Waals surface area contributed by atoms with E-state index in [1.54, 1.807) is 13.0 Å². The molecule has 0 saturated carbocycles. The van der Waals surface area contributed by atoms with Gasteiger partial charge in [0.25, 0.3) is 0 Å². The fraction of sp³-hybridized carbons (Fsp3) is 0.500. The van der Waals surface area contributed by atoms with E-state index in [0.717, 1.165) is 0 Å². The van der Waals surface area contributed by atoms with E-state index >= 15 is 0 Å². The summed E-state index contributed by atoms with van der Waals surface area (Å²) in [6.45, 7) is 8.99. The normalized spacial score (nSPS) is 12.5. The Morgan fingerprint density at radius 1 is 1.62 bits per heavy atom. The van der Waals surface area contributed by atoms with Crippen LogP contribution in [0.1, 0.15) is 20.8 Å². The predicted octanol–water partition coefficient (Wildman–Crippen LogP) is 1.40. The first-order valence-corrected chi connectivity index (χ1v) is 4.13. The van der Waals surface area contributed by atoms with Crippen LogP contribution in [0.2, 0.25) is 0 Å². The van der Waals surface area contributed by atoms with Crippen LogP contribution in [0, 0.1) is 0 Å². The van der Waals surface area contributed by atoms with Crippen LogP contribution in [-0.2, 0) is 9.53 Å². The number of nitrogens with two attached hydrogens (primary N) is 1. The van der Waals surface area contributed by atoms with E-state index in [2.05, 4.69) is 6.58 Å². The Morgan fingerprint density at radius 3 is 2.54 bits per heavy atom. The summed E-state index contributed by atoms with van der Waals surface area (Å²) in [7, 11) is 0. The Labute approximate surface area is 79.3 Å². The van der Waals surface area contributed by atoms with Crippen LogP contribution in [0.3, 0.4) is 0 Å². The third-order valence-corrected chi connectivity index (χ3v) is 1.24. The molecule has 0 aliphatic heterocycles. The molecule has 2 N–H and O–H groups in total. The number of hydrogen-bond acceptors (Lipinski definition) is 3. The van der Waals surface area contributed by atoms with E-state index < -0.39 is 5.54 Å². The Morgan fingerprint density at radius 2 is 2.15 bits per heavy atom. The molecule has 3 heteroatoms. The van der Waals surface area contributed by atoms with Crippen LogP contribution in [0.25, 0.3) is 0 Å². The second-order valence-electron chi connectivity index (χ2n) is 3.54. The molecular formula is C10H17NO2. The Bertz CT molecular complexity index is 224. The molecule has 13 heavy (non-hydrogen) atoms. The molecule has 0 unspecified atom stereocenters. The Kier molecular flexibility index (Phi) is 4.42. The van der Waals surface area contributed by atoms with Gasteiger partial charge < -0.3 is 10.5 Å². The lowest BCUT2D eigenvalue weighted by molar-refractivity contribution is -0.137. The zero-order valence-corrected chi connectivity index (χ0v) is 8.46. The number of carbonyl (C=O) groups excluding carboxylic acids is 1. The van der Waals surface area contributed by atoms with Crippen molar-refractivity contribution >= 4 is 5.97 Å². The zero-order chi connectivity index (χ0) is 10.5. The van der Waals surface area contributed by atoms with Crippen LogP contribution in [-0.4, -0.2) is 18.1 Å². The standard InChI is InChI=1S/C10H17NO2/c1-5-6-13-9(12)8(2)7-10(3,4)11/h5,7H,1,6,11H2,2-4H3. The van der Waals surface area contributed by atoms with Crippen molar-refractivity contribution in [3.05, 3.63) is 24.3 Å². The summed E-state index contributed by atoms with van der Waals surface area (Å²) in [6.07, 6.45) is 3.21. The first-order valence-electron chi connectivity index (χ1n) is 4.13. The number of carbonyl (C=O) groups is 1. The van der Waals surface area contributed by atoms with Gasteiger partial charge in [0.15, 0.2) is 0 Å². The molecule has 0 radical (unpaired) electrons. The van der Waals surface area contributed by atoms with Gasteiger partial charge in [-0.25, -0.2) is 4.79 Å². The minimum absolute atomic E-state index is 0.231. The van der Waals surface area contributed by atoms with Crippen molar-refractivity contribution in [3.8, 4) is 0 Å². The summed E-state index contributed by atoms with van der Waals surface area (Å²) in [5, 5.41) is 0. The largest absolute Gasteiger partial charge is 0.458 e. The average Bonchev–Trinajstić information content (AvgIpc) is 1.96. The van der Waals surface area contributed by atoms with E-state index in [-0.39, 0.29) is 12.6 Å². The van der Waals surface area contributed by atoms with Crippen LogP contribution < -0.4 is 5.73 Å². The first-order chi connectivity index (χ1) is 5.87. The Hall–Kier alpha value is -1.09. The number of esters is 1. The lowest BCUT2D eigenvalue weighted by Gasteiger charge is -2.13. The van der Waals surface area contributed by atoms with E-state index in [9.17, 15) is 4.79 Å². The van der Waals surface area contributed by atoms with Gasteiger partial charge in [0.2, 0.25) is 0 Å². The van der Waals surface area contributed by atoms with Gasteiger partial charge in [0.05, 0.1) is 0 Å². The van der Waals surface area contributed by atoms with Crippen molar-refractivity contribution in [2.24, 2.45) is 5.73 Å². The highest BCUT2D eigenvalue weighted by atomic mass is 16.5. The molecule has 0 aliphatic rings. The van der Waals surface area contributed by atoms with Crippen molar-refractivity contribution in [2.45, 2.75) is 26.3 Å². The van der Waals surface area contributed by atoms with Crippen LogP contribution >= 0.6 is 0 Å². The highest BCUT2D eigenvalue weighted by molar-refractivity contribution is 5.88. The molecule has 0 fully saturated rings. The van der Waals surface area contributed by atoms with E-state index in [1.807, 2.05) is 13.8 Å². The maximum atomic E-state index is 11.2. The molecule has 0 aromatic carbocycles. The van der Waals surface area contributed by atoms with Gasteiger partial charge in [0.1, 0.15) is 6.61 Å². The monoisotopic (exact) mass is 183 g/mol. The second-order valence-corrected chi connectivity index (χ2v) is 3.54. The summed E-state index contributed by atoms with van der Waals surface area (Å²) in [5.41, 5.74) is 5.73. The molecule has 0 aromatic rings. The topological polar surface area (TPSA) is 52.3 Å². The molecule has 0 bridgehead atoms. The van der Waals surface area contributed by atoms with Crippen LogP contribution in [0.4, 0.5) is 0 Å². The SMILES string of the molecule is C=CCOC(=O)C(C)=CC(C)(C)N. The van der Waals surface area contributed by atoms with Crippen molar-refractivity contribution in [1.29, 1.82) is 0 Å². The molecule has 0 amide bonds. The average molecular weight is 183 g/mol. The van der Waals surface area contributed by atoms with Crippen LogP contribution in [0.15, 0.2) is 24.3 Å². The number of ether oxygens (including phenoxy) is 1. The third-order valence-electron chi connectivity index (χ3n) is 1.24. The van der Waals surface area contributed by atoms with Gasteiger partial charge in [-0.3, -0.25) is 0 Å². The molecule has 0 heterocycles. The molecule has 0 aromatic heterocycles. The summed E-state index contributed by atoms with van der Waals surface area (Å²) in [6, 6.07) is 0. The van der Waals surface area contributed by atoms with Gasteiger partial charge in [0, 0.05) is 11.1 Å². The van der Waals surface area contributed by atoms with Gasteiger partial charge in [-0.05, 0) is 20.8 Å². The molecule has 0 rings (SSSR count). The van der Waals surface area contributed by atoms with E-state index in [4.69, 9.17) is 10.5 Å². The molecular weight excluding hydrogens is 166 g/mol. The molecule has 0 atom stereocenters. The van der Waals surface area contributed by atoms with Crippen molar-refractivity contribution in [1.82, 2.24) is 0 Å². The Balaban J connectivity index is 4.25. The molecule has 0 saturated heterocycles. The minimum Gasteiger partial charge on any atom is -0.458 e. The lowest BCUT2D eigenvalue weighted by Crippen LogP contribution is -2.30. The fourth-order valence-electron chi connectivity index (χ4n) is 0.865. The highest BCUT2D eigenvalue weighted by Gasteiger charge is 2.11. The maximum Gasteiger partial charge on any atom is 0.333 e. The maximum absolute atomic E-state index is 11.2. The molecule has 0 spiro atoms.